The molecule has 3 rings (SSSR count). The molecule has 0 aliphatic carbocycles. The highest BCUT2D eigenvalue weighted by Crippen LogP contribution is 2.31. The third-order valence-electron chi connectivity index (χ3n) is 5.20. The Hall–Kier alpha value is -3.95. The van der Waals surface area contributed by atoms with E-state index in [0.29, 0.717) is 34.3 Å². The first-order valence-corrected chi connectivity index (χ1v) is 9.89. The minimum atomic E-state index is -0.455. The van der Waals surface area contributed by atoms with E-state index >= 15 is 0 Å². The molecular formula is C22H24N4O6. The monoisotopic (exact) mass is 440 g/mol. The van der Waals surface area contributed by atoms with E-state index in [1.54, 1.807) is 56.5 Å². The topological polar surface area (TPSA) is 121 Å². The van der Waals surface area contributed by atoms with E-state index in [1.165, 1.54) is 12.1 Å². The molecule has 0 fully saturated rings. The zero-order valence-corrected chi connectivity index (χ0v) is 18.3. The van der Waals surface area contributed by atoms with Crippen LogP contribution >= 0.6 is 0 Å². The molecule has 0 unspecified atom stereocenters. The standard InChI is InChI=1S/C22H24N4O6/c1-14(15-6-5-7-17(12-15)26(28)29)25(2)21(27)11-10-20-23-22(24-32-20)16-8-9-18(30-3)19(13-16)31-4/h5-9,12-14H,10-11H2,1-4H3/t14-/m0/s1. The van der Waals surface area contributed by atoms with Gasteiger partial charge in [-0.2, -0.15) is 4.98 Å². The summed E-state index contributed by atoms with van der Waals surface area (Å²) < 4.78 is 15.8. The molecule has 168 valence electrons. The number of nitro benzene ring substituents is 1. The highest BCUT2D eigenvalue weighted by molar-refractivity contribution is 5.76. The van der Waals surface area contributed by atoms with Crippen molar-refractivity contribution in [3.05, 3.63) is 64.0 Å². The first-order valence-electron chi connectivity index (χ1n) is 9.89. The average Bonchev–Trinajstić information content (AvgIpc) is 3.30. The van der Waals surface area contributed by atoms with Gasteiger partial charge in [-0.1, -0.05) is 17.3 Å². The van der Waals surface area contributed by atoms with Crippen molar-refractivity contribution in [2.45, 2.75) is 25.8 Å². The van der Waals surface area contributed by atoms with Crippen LogP contribution in [-0.4, -0.2) is 47.1 Å². The zero-order chi connectivity index (χ0) is 23.3. The van der Waals surface area contributed by atoms with Gasteiger partial charge in [0.2, 0.25) is 17.6 Å². The number of rotatable bonds is 9. The highest BCUT2D eigenvalue weighted by Gasteiger charge is 2.20. The van der Waals surface area contributed by atoms with E-state index in [9.17, 15) is 14.9 Å². The normalized spacial score (nSPS) is 11.6. The number of hydrogen-bond acceptors (Lipinski definition) is 8. The molecule has 0 spiro atoms. The van der Waals surface area contributed by atoms with Gasteiger partial charge in [-0.25, -0.2) is 0 Å². The number of ether oxygens (including phenoxy) is 2. The fourth-order valence-corrected chi connectivity index (χ4v) is 3.18. The van der Waals surface area contributed by atoms with Crippen LogP contribution in [0.3, 0.4) is 0 Å². The van der Waals surface area contributed by atoms with Crippen LogP contribution in [0.1, 0.15) is 30.8 Å². The Kier molecular flexibility index (Phi) is 7.04. The Bertz CT molecular complexity index is 1110. The number of nitro groups is 1. The van der Waals surface area contributed by atoms with Gasteiger partial charge in [0.15, 0.2) is 11.5 Å². The van der Waals surface area contributed by atoms with Gasteiger partial charge in [-0.05, 0) is 30.7 Å². The van der Waals surface area contributed by atoms with Gasteiger partial charge in [0.1, 0.15) is 0 Å². The predicted molar refractivity (Wildman–Crippen MR) is 115 cm³/mol. The van der Waals surface area contributed by atoms with Crippen molar-refractivity contribution in [2.24, 2.45) is 0 Å². The SMILES string of the molecule is COc1ccc(-c2noc(CCC(=O)N(C)[C@@H](C)c3cccc([N+](=O)[O-])c3)n2)cc1OC. The number of carbonyl (C=O) groups excluding carboxylic acids is 1. The summed E-state index contributed by atoms with van der Waals surface area (Å²) in [6.07, 6.45) is 0.425. The van der Waals surface area contributed by atoms with E-state index in [-0.39, 0.29) is 30.5 Å². The fraction of sp³-hybridized carbons (Fsp3) is 0.318. The Labute approximate surface area is 184 Å². The second kappa shape index (κ2) is 9.90. The van der Waals surface area contributed by atoms with Crippen LogP contribution in [0.4, 0.5) is 5.69 Å². The lowest BCUT2D eigenvalue weighted by Gasteiger charge is -2.25. The van der Waals surface area contributed by atoms with Gasteiger partial charge in [-0.15, -0.1) is 0 Å². The quantitative estimate of drug-likeness (QED) is 0.364. The average molecular weight is 440 g/mol. The fourth-order valence-electron chi connectivity index (χ4n) is 3.18. The zero-order valence-electron chi connectivity index (χ0n) is 18.3. The molecule has 0 saturated carbocycles. The molecule has 0 saturated heterocycles. The first kappa shape index (κ1) is 22.7. The Morgan fingerprint density at radius 3 is 2.62 bits per heavy atom. The molecule has 0 aliphatic rings. The molecule has 1 amide bonds. The maximum Gasteiger partial charge on any atom is 0.269 e. The molecular weight excluding hydrogens is 416 g/mol. The second-order valence-electron chi connectivity index (χ2n) is 7.11. The summed E-state index contributed by atoms with van der Waals surface area (Å²) in [7, 11) is 4.76. The summed E-state index contributed by atoms with van der Waals surface area (Å²) in [5.41, 5.74) is 1.37. The molecule has 10 heteroatoms. The van der Waals surface area contributed by atoms with E-state index in [1.807, 2.05) is 6.92 Å². The number of hydrogen-bond donors (Lipinski definition) is 0. The van der Waals surface area contributed by atoms with Gasteiger partial charge in [0.25, 0.3) is 5.69 Å². The van der Waals surface area contributed by atoms with Crippen LogP contribution in [0.2, 0.25) is 0 Å². The predicted octanol–water partition coefficient (Wildman–Crippen LogP) is 3.81. The van der Waals surface area contributed by atoms with Crippen LogP contribution in [-0.2, 0) is 11.2 Å². The Morgan fingerprint density at radius 1 is 1.19 bits per heavy atom. The van der Waals surface area contributed by atoms with Crippen LogP contribution in [0.25, 0.3) is 11.4 Å². The minimum absolute atomic E-state index is 0.0104. The van der Waals surface area contributed by atoms with Crippen molar-refractivity contribution in [1.29, 1.82) is 0 Å². The molecule has 10 nitrogen and oxygen atoms in total. The van der Waals surface area contributed by atoms with Crippen LogP contribution in [0, 0.1) is 10.1 Å². The molecule has 0 N–H and O–H groups in total. The Morgan fingerprint density at radius 2 is 1.94 bits per heavy atom. The third-order valence-corrected chi connectivity index (χ3v) is 5.20. The summed E-state index contributed by atoms with van der Waals surface area (Å²) in [4.78, 5) is 29.1. The molecule has 1 atom stereocenters. The van der Waals surface area contributed by atoms with Gasteiger partial charge in [0, 0.05) is 37.6 Å². The van der Waals surface area contributed by atoms with E-state index in [4.69, 9.17) is 14.0 Å². The number of amides is 1. The molecule has 0 aliphatic heterocycles. The molecule has 0 radical (unpaired) electrons. The Balaban J connectivity index is 1.63. The summed E-state index contributed by atoms with van der Waals surface area (Å²) in [6, 6.07) is 11.2. The largest absolute Gasteiger partial charge is 0.493 e. The maximum atomic E-state index is 12.7. The van der Waals surface area contributed by atoms with Crippen LogP contribution in [0.5, 0.6) is 11.5 Å². The summed E-state index contributed by atoms with van der Waals surface area (Å²) in [5, 5.41) is 15.0. The van der Waals surface area contributed by atoms with Crippen molar-refractivity contribution in [1.82, 2.24) is 15.0 Å². The molecule has 32 heavy (non-hydrogen) atoms. The number of carbonyl (C=O) groups is 1. The lowest BCUT2D eigenvalue weighted by atomic mass is 10.1. The van der Waals surface area contributed by atoms with Gasteiger partial charge in [-0.3, -0.25) is 14.9 Å². The number of aryl methyl sites for hydroxylation is 1. The van der Waals surface area contributed by atoms with Crippen LogP contribution < -0.4 is 9.47 Å². The summed E-state index contributed by atoms with van der Waals surface area (Å²) >= 11 is 0. The first-order chi connectivity index (χ1) is 15.3. The van der Waals surface area contributed by atoms with Crippen molar-refractivity contribution in [3.8, 4) is 22.9 Å². The third kappa shape index (κ3) is 5.02. The molecule has 1 aromatic heterocycles. The second-order valence-corrected chi connectivity index (χ2v) is 7.11. The van der Waals surface area contributed by atoms with Crippen molar-refractivity contribution >= 4 is 11.6 Å². The number of non-ortho nitro benzene ring substituents is 1. The molecule has 2 aromatic carbocycles. The highest BCUT2D eigenvalue weighted by atomic mass is 16.6. The lowest BCUT2D eigenvalue weighted by Crippen LogP contribution is -2.29. The van der Waals surface area contributed by atoms with E-state index < -0.39 is 4.92 Å². The van der Waals surface area contributed by atoms with Gasteiger partial charge < -0.3 is 18.9 Å². The number of methoxy groups -OCH3 is 2. The van der Waals surface area contributed by atoms with Crippen molar-refractivity contribution < 1.29 is 23.7 Å². The van der Waals surface area contributed by atoms with Crippen molar-refractivity contribution in [3.63, 3.8) is 0 Å². The van der Waals surface area contributed by atoms with Crippen LogP contribution in [0.15, 0.2) is 47.0 Å². The summed E-state index contributed by atoms with van der Waals surface area (Å²) in [5.74, 6) is 1.70. The number of benzene rings is 2. The smallest absolute Gasteiger partial charge is 0.269 e. The molecule has 0 bridgehead atoms. The maximum absolute atomic E-state index is 12.7. The molecule has 3 aromatic rings. The van der Waals surface area contributed by atoms with E-state index in [2.05, 4.69) is 10.1 Å². The summed E-state index contributed by atoms with van der Waals surface area (Å²) in [6.45, 7) is 1.82. The van der Waals surface area contributed by atoms with E-state index in [0.717, 1.165) is 0 Å². The number of aromatic nitrogens is 2. The van der Waals surface area contributed by atoms with Gasteiger partial charge >= 0.3 is 0 Å². The lowest BCUT2D eigenvalue weighted by molar-refractivity contribution is -0.384. The van der Waals surface area contributed by atoms with Gasteiger partial charge in [0.05, 0.1) is 25.2 Å². The minimum Gasteiger partial charge on any atom is -0.493 e. The number of nitrogens with zero attached hydrogens (tertiary/aromatic N) is 4. The molecule has 1 heterocycles. The van der Waals surface area contributed by atoms with Crippen molar-refractivity contribution in [2.75, 3.05) is 21.3 Å².